The molecule has 0 fully saturated rings. The van der Waals surface area contributed by atoms with Crippen LogP contribution in [-0.4, -0.2) is 20.7 Å². The molecule has 0 saturated carbocycles. The molecule has 4 nitrogen and oxygen atoms in total. The van der Waals surface area contributed by atoms with E-state index in [1.807, 2.05) is 6.92 Å². The number of nitrogens with one attached hydrogen (secondary N) is 1. The van der Waals surface area contributed by atoms with Crippen molar-refractivity contribution in [2.45, 2.75) is 56.9 Å². The highest BCUT2D eigenvalue weighted by Crippen LogP contribution is 2.12. The van der Waals surface area contributed by atoms with E-state index in [4.69, 9.17) is 0 Å². The minimum absolute atomic E-state index is 0.198. The van der Waals surface area contributed by atoms with Crippen LogP contribution in [0.2, 0.25) is 0 Å². The minimum atomic E-state index is -3.61. The molecule has 1 atom stereocenters. The first kappa shape index (κ1) is 16.9. The topological polar surface area (TPSA) is 63.2 Å². The van der Waals surface area contributed by atoms with Crippen LogP contribution in [0.1, 0.15) is 44.6 Å². The third kappa shape index (κ3) is 5.43. The molecule has 0 aliphatic heterocycles. The molecule has 1 aromatic rings. The summed E-state index contributed by atoms with van der Waals surface area (Å²) in [5, 5.41) is 0. The Morgan fingerprint density at radius 3 is 2.35 bits per heavy atom. The molecule has 0 amide bonds. The van der Waals surface area contributed by atoms with Gasteiger partial charge in [0.2, 0.25) is 10.0 Å². The lowest BCUT2D eigenvalue weighted by Gasteiger charge is -2.13. The Kier molecular flexibility index (Phi) is 6.88. The fourth-order valence-electron chi connectivity index (χ4n) is 1.93. The first-order valence-electron chi connectivity index (χ1n) is 7.04. The fourth-order valence-corrected chi connectivity index (χ4v) is 3.13. The van der Waals surface area contributed by atoms with Gasteiger partial charge < -0.3 is 4.79 Å². The summed E-state index contributed by atoms with van der Waals surface area (Å²) in [6, 6.07) is 5.95. The van der Waals surface area contributed by atoms with Crippen molar-refractivity contribution in [3.8, 4) is 0 Å². The Labute approximate surface area is 121 Å². The second-order valence-electron chi connectivity index (χ2n) is 5.03. The Bertz CT molecular complexity index is 508. The van der Waals surface area contributed by atoms with Crippen molar-refractivity contribution in [2.75, 3.05) is 0 Å². The maximum Gasteiger partial charge on any atom is 0.241 e. The molecule has 0 radical (unpaired) electrons. The van der Waals surface area contributed by atoms with Gasteiger partial charge in [-0.25, -0.2) is 13.1 Å². The lowest BCUT2D eigenvalue weighted by atomic mass is 10.1. The number of carbonyl (C=O) groups is 1. The molecule has 20 heavy (non-hydrogen) atoms. The Balaban J connectivity index is 2.63. The molecule has 0 aliphatic rings. The normalized spacial score (nSPS) is 13.1. The van der Waals surface area contributed by atoms with Crippen LogP contribution >= 0.6 is 0 Å². The smallest absolute Gasteiger partial charge is 0.241 e. The number of hydrogen-bond acceptors (Lipinski definition) is 3. The van der Waals surface area contributed by atoms with Gasteiger partial charge in [-0.15, -0.1) is 0 Å². The van der Waals surface area contributed by atoms with Crippen molar-refractivity contribution in [1.29, 1.82) is 0 Å². The number of unbranched alkanes of at least 4 members (excludes halogenated alkanes) is 3. The van der Waals surface area contributed by atoms with Gasteiger partial charge in [0.05, 0.1) is 10.9 Å². The van der Waals surface area contributed by atoms with Crippen LogP contribution in [0, 0.1) is 6.92 Å². The third-order valence-corrected chi connectivity index (χ3v) is 4.68. The number of aldehydes is 1. The second kappa shape index (κ2) is 8.17. The van der Waals surface area contributed by atoms with Crippen molar-refractivity contribution in [3.63, 3.8) is 0 Å². The number of hydrogen-bond donors (Lipinski definition) is 1. The number of benzene rings is 1. The molecular formula is C15H23NO3S. The van der Waals surface area contributed by atoms with Gasteiger partial charge in [0, 0.05) is 0 Å². The molecule has 0 aromatic heterocycles. The standard InChI is InChI=1S/C15H23NO3S/c1-3-4-5-6-7-14(12-17)16-20(18,19)15-10-8-13(2)9-11-15/h8-12,14,16H,3-7H2,1-2H3. The van der Waals surface area contributed by atoms with Crippen molar-refractivity contribution >= 4 is 16.3 Å². The minimum Gasteiger partial charge on any atom is -0.302 e. The van der Waals surface area contributed by atoms with Gasteiger partial charge in [-0.3, -0.25) is 0 Å². The van der Waals surface area contributed by atoms with Gasteiger partial charge >= 0.3 is 0 Å². The molecular weight excluding hydrogens is 274 g/mol. The predicted molar refractivity (Wildman–Crippen MR) is 80.1 cm³/mol. The van der Waals surface area contributed by atoms with Crippen molar-refractivity contribution in [2.24, 2.45) is 0 Å². The largest absolute Gasteiger partial charge is 0.302 e. The quantitative estimate of drug-likeness (QED) is 0.563. The Hall–Kier alpha value is -1.20. The van der Waals surface area contributed by atoms with Crippen LogP contribution < -0.4 is 4.72 Å². The number of rotatable bonds is 9. The van der Waals surface area contributed by atoms with Gasteiger partial charge in [0.25, 0.3) is 0 Å². The fraction of sp³-hybridized carbons (Fsp3) is 0.533. The first-order chi connectivity index (χ1) is 9.49. The summed E-state index contributed by atoms with van der Waals surface area (Å²) in [5.41, 5.74) is 0.996. The highest BCUT2D eigenvalue weighted by Gasteiger charge is 2.19. The van der Waals surface area contributed by atoms with E-state index in [9.17, 15) is 13.2 Å². The molecule has 1 unspecified atom stereocenters. The highest BCUT2D eigenvalue weighted by atomic mass is 32.2. The van der Waals surface area contributed by atoms with Crippen LogP contribution in [-0.2, 0) is 14.8 Å². The highest BCUT2D eigenvalue weighted by molar-refractivity contribution is 7.89. The van der Waals surface area contributed by atoms with Gasteiger partial charge in [-0.1, -0.05) is 50.3 Å². The summed E-state index contributed by atoms with van der Waals surface area (Å²) in [4.78, 5) is 11.2. The molecule has 0 heterocycles. The molecule has 1 aromatic carbocycles. The molecule has 0 aliphatic carbocycles. The van der Waals surface area contributed by atoms with Gasteiger partial charge in [0.1, 0.15) is 6.29 Å². The van der Waals surface area contributed by atoms with Crippen molar-refractivity contribution in [1.82, 2.24) is 4.72 Å². The van der Waals surface area contributed by atoms with E-state index in [0.717, 1.165) is 31.2 Å². The number of aryl methyl sites for hydroxylation is 1. The van der Waals surface area contributed by atoms with E-state index in [-0.39, 0.29) is 4.90 Å². The monoisotopic (exact) mass is 297 g/mol. The predicted octanol–water partition coefficient (Wildman–Crippen LogP) is 2.81. The molecule has 0 spiro atoms. The Morgan fingerprint density at radius 2 is 1.80 bits per heavy atom. The number of sulfonamides is 1. The van der Waals surface area contributed by atoms with Crippen LogP contribution in [0.3, 0.4) is 0 Å². The lowest BCUT2D eigenvalue weighted by Crippen LogP contribution is -2.35. The van der Waals surface area contributed by atoms with Crippen LogP contribution in [0.15, 0.2) is 29.2 Å². The van der Waals surface area contributed by atoms with E-state index >= 15 is 0 Å². The Morgan fingerprint density at radius 1 is 1.15 bits per heavy atom. The van der Waals surface area contributed by atoms with E-state index in [1.165, 1.54) is 0 Å². The molecule has 1 rings (SSSR count). The number of carbonyl (C=O) groups excluding carboxylic acids is 1. The summed E-state index contributed by atoms with van der Waals surface area (Å²) >= 11 is 0. The molecule has 1 N–H and O–H groups in total. The zero-order valence-corrected chi connectivity index (χ0v) is 12.9. The second-order valence-corrected chi connectivity index (χ2v) is 6.74. The SMILES string of the molecule is CCCCCCC(C=O)NS(=O)(=O)c1ccc(C)cc1. The van der Waals surface area contributed by atoms with Crippen LogP contribution in [0.5, 0.6) is 0 Å². The zero-order chi connectivity index (χ0) is 15.0. The molecule has 0 saturated heterocycles. The molecule has 5 heteroatoms. The summed E-state index contributed by atoms with van der Waals surface area (Å²) in [5.74, 6) is 0. The molecule has 112 valence electrons. The van der Waals surface area contributed by atoms with E-state index in [2.05, 4.69) is 11.6 Å². The maximum absolute atomic E-state index is 12.1. The molecule has 0 bridgehead atoms. The van der Waals surface area contributed by atoms with E-state index in [1.54, 1.807) is 24.3 Å². The summed E-state index contributed by atoms with van der Waals surface area (Å²) in [7, 11) is -3.61. The van der Waals surface area contributed by atoms with Gasteiger partial charge in [-0.2, -0.15) is 0 Å². The van der Waals surface area contributed by atoms with Crippen molar-refractivity contribution < 1.29 is 13.2 Å². The summed E-state index contributed by atoms with van der Waals surface area (Å²) in [6.07, 6.45) is 5.32. The van der Waals surface area contributed by atoms with Gasteiger partial charge in [0.15, 0.2) is 0 Å². The van der Waals surface area contributed by atoms with Crippen LogP contribution in [0.4, 0.5) is 0 Å². The summed E-state index contributed by atoms with van der Waals surface area (Å²) in [6.45, 7) is 4.00. The lowest BCUT2D eigenvalue weighted by molar-refractivity contribution is -0.109. The third-order valence-electron chi connectivity index (χ3n) is 3.17. The van der Waals surface area contributed by atoms with Crippen molar-refractivity contribution in [3.05, 3.63) is 29.8 Å². The van der Waals surface area contributed by atoms with E-state index in [0.29, 0.717) is 12.7 Å². The maximum atomic E-state index is 12.1. The van der Waals surface area contributed by atoms with Crippen LogP contribution in [0.25, 0.3) is 0 Å². The first-order valence-corrected chi connectivity index (χ1v) is 8.52. The zero-order valence-electron chi connectivity index (χ0n) is 12.1. The van der Waals surface area contributed by atoms with Gasteiger partial charge in [-0.05, 0) is 25.5 Å². The average Bonchev–Trinajstić information content (AvgIpc) is 2.42. The average molecular weight is 297 g/mol. The summed E-state index contributed by atoms with van der Waals surface area (Å²) < 4.78 is 26.7. The van der Waals surface area contributed by atoms with E-state index < -0.39 is 16.1 Å².